The summed E-state index contributed by atoms with van der Waals surface area (Å²) in [7, 11) is 0. The van der Waals surface area contributed by atoms with E-state index in [1.54, 1.807) is 0 Å². The van der Waals surface area contributed by atoms with Crippen LogP contribution in [0.15, 0.2) is 18.2 Å². The van der Waals surface area contributed by atoms with Gasteiger partial charge in [-0.2, -0.15) is 0 Å². The number of carbonyl (C=O) groups is 2. The average molecular weight is 212 g/mol. The molecule has 0 aromatic heterocycles. The van der Waals surface area contributed by atoms with Crippen molar-refractivity contribution in [2.45, 2.75) is 12.8 Å². The Kier molecular flexibility index (Phi) is 3.38. The number of hydrogen-bond acceptors (Lipinski definition) is 2. The second kappa shape index (κ2) is 4.54. The molecule has 0 fully saturated rings. The van der Waals surface area contributed by atoms with Gasteiger partial charge in [0.2, 0.25) is 0 Å². The van der Waals surface area contributed by atoms with E-state index in [2.05, 4.69) is 0 Å². The van der Waals surface area contributed by atoms with E-state index in [1.807, 2.05) is 0 Å². The zero-order valence-electron chi connectivity index (χ0n) is 7.74. The van der Waals surface area contributed by atoms with Crippen LogP contribution < -0.4 is 0 Å². The second-order valence-electron chi connectivity index (χ2n) is 3.07. The van der Waals surface area contributed by atoms with Crippen LogP contribution in [0.4, 0.5) is 4.39 Å². The van der Waals surface area contributed by atoms with Crippen molar-refractivity contribution in [3.8, 4) is 0 Å². The molecule has 0 amide bonds. The Hall–Kier alpha value is -1.91. The maximum atomic E-state index is 13.2. The number of carboxylic acid groups (broad SMARTS) is 2. The summed E-state index contributed by atoms with van der Waals surface area (Å²) in [5.41, 5.74) is 0.366. The normalized spacial score (nSPS) is 9.93. The van der Waals surface area contributed by atoms with Crippen molar-refractivity contribution < 1.29 is 24.2 Å². The number of carboxylic acids is 2. The first-order valence-electron chi connectivity index (χ1n) is 4.20. The molecule has 0 radical (unpaired) electrons. The summed E-state index contributed by atoms with van der Waals surface area (Å²) in [6, 6.07) is 3.75. The van der Waals surface area contributed by atoms with E-state index >= 15 is 0 Å². The predicted molar refractivity (Wildman–Crippen MR) is 49.1 cm³/mol. The van der Waals surface area contributed by atoms with Crippen LogP contribution in [0, 0.1) is 5.82 Å². The monoisotopic (exact) mass is 212 g/mol. The van der Waals surface area contributed by atoms with Gasteiger partial charge in [0, 0.05) is 0 Å². The highest BCUT2D eigenvalue weighted by molar-refractivity contribution is 5.71. The van der Waals surface area contributed by atoms with Crippen molar-refractivity contribution in [2.75, 3.05) is 0 Å². The molecular formula is C10H9FO4. The summed E-state index contributed by atoms with van der Waals surface area (Å²) in [5, 5.41) is 16.9. The maximum Gasteiger partial charge on any atom is 0.307 e. The number of halogens is 1. The van der Waals surface area contributed by atoms with Crippen molar-refractivity contribution in [1.29, 1.82) is 0 Å². The van der Waals surface area contributed by atoms with Crippen LogP contribution >= 0.6 is 0 Å². The first-order valence-corrected chi connectivity index (χ1v) is 4.20. The molecule has 4 nitrogen and oxygen atoms in total. The van der Waals surface area contributed by atoms with Crippen LogP contribution in [0.5, 0.6) is 0 Å². The minimum atomic E-state index is -1.13. The highest BCUT2D eigenvalue weighted by atomic mass is 19.1. The minimum Gasteiger partial charge on any atom is -0.481 e. The second-order valence-corrected chi connectivity index (χ2v) is 3.07. The smallest absolute Gasteiger partial charge is 0.307 e. The van der Waals surface area contributed by atoms with E-state index in [0.717, 1.165) is 6.07 Å². The van der Waals surface area contributed by atoms with E-state index in [1.165, 1.54) is 12.1 Å². The first-order chi connectivity index (χ1) is 6.99. The molecule has 0 bridgehead atoms. The van der Waals surface area contributed by atoms with E-state index in [4.69, 9.17) is 10.2 Å². The van der Waals surface area contributed by atoms with E-state index in [9.17, 15) is 14.0 Å². The highest BCUT2D eigenvalue weighted by Gasteiger charge is 2.08. The van der Waals surface area contributed by atoms with E-state index < -0.39 is 24.2 Å². The number of aliphatic carboxylic acids is 2. The van der Waals surface area contributed by atoms with Gasteiger partial charge in [-0.15, -0.1) is 0 Å². The Bertz CT molecular complexity index is 400. The van der Waals surface area contributed by atoms with Gasteiger partial charge in [-0.3, -0.25) is 9.59 Å². The van der Waals surface area contributed by atoms with Crippen LogP contribution in [0.25, 0.3) is 0 Å². The van der Waals surface area contributed by atoms with Gasteiger partial charge in [-0.1, -0.05) is 12.1 Å². The van der Waals surface area contributed by atoms with E-state index in [-0.39, 0.29) is 12.0 Å². The Morgan fingerprint density at radius 2 is 1.73 bits per heavy atom. The lowest BCUT2D eigenvalue weighted by Crippen LogP contribution is -2.05. The Labute approximate surface area is 85.0 Å². The summed E-state index contributed by atoms with van der Waals surface area (Å²) < 4.78 is 13.2. The molecule has 80 valence electrons. The van der Waals surface area contributed by atoms with Crippen molar-refractivity contribution >= 4 is 11.9 Å². The quantitative estimate of drug-likeness (QED) is 0.783. The molecule has 0 saturated heterocycles. The van der Waals surface area contributed by atoms with Gasteiger partial charge in [-0.05, 0) is 17.2 Å². The first kappa shape index (κ1) is 11.2. The molecule has 0 spiro atoms. The van der Waals surface area contributed by atoms with Gasteiger partial charge in [-0.25, -0.2) is 4.39 Å². The molecular weight excluding hydrogens is 203 g/mol. The Morgan fingerprint density at radius 3 is 2.20 bits per heavy atom. The van der Waals surface area contributed by atoms with Crippen LogP contribution in [-0.4, -0.2) is 22.2 Å². The number of rotatable bonds is 4. The topological polar surface area (TPSA) is 74.6 Å². The zero-order valence-corrected chi connectivity index (χ0v) is 7.74. The fourth-order valence-corrected chi connectivity index (χ4v) is 1.18. The molecule has 2 N–H and O–H groups in total. The van der Waals surface area contributed by atoms with Gasteiger partial charge >= 0.3 is 11.9 Å². The number of benzene rings is 1. The van der Waals surface area contributed by atoms with Crippen molar-refractivity contribution in [1.82, 2.24) is 0 Å². The Balaban J connectivity index is 2.87. The highest BCUT2D eigenvalue weighted by Crippen LogP contribution is 2.11. The summed E-state index contributed by atoms with van der Waals surface area (Å²) >= 11 is 0. The largest absolute Gasteiger partial charge is 0.481 e. The van der Waals surface area contributed by atoms with Gasteiger partial charge in [0.25, 0.3) is 0 Å². The average Bonchev–Trinajstić information content (AvgIpc) is 2.08. The SMILES string of the molecule is O=C(O)Cc1ccc(CC(=O)O)c(F)c1. The van der Waals surface area contributed by atoms with E-state index in [0.29, 0.717) is 5.56 Å². The molecule has 0 saturated carbocycles. The molecule has 0 heterocycles. The molecule has 1 aromatic carbocycles. The molecule has 0 atom stereocenters. The van der Waals surface area contributed by atoms with Crippen LogP contribution in [0.2, 0.25) is 0 Å². The van der Waals surface area contributed by atoms with Crippen molar-refractivity contribution in [3.63, 3.8) is 0 Å². The molecule has 0 aliphatic rings. The fraction of sp³-hybridized carbons (Fsp3) is 0.200. The lowest BCUT2D eigenvalue weighted by molar-refractivity contribution is -0.137. The molecule has 1 rings (SSSR count). The fourth-order valence-electron chi connectivity index (χ4n) is 1.18. The van der Waals surface area contributed by atoms with Gasteiger partial charge in [0.15, 0.2) is 0 Å². The molecule has 0 aliphatic heterocycles. The number of hydrogen-bond donors (Lipinski definition) is 2. The maximum absolute atomic E-state index is 13.2. The van der Waals surface area contributed by atoms with Crippen LogP contribution in [-0.2, 0) is 22.4 Å². The van der Waals surface area contributed by atoms with Gasteiger partial charge in [0.05, 0.1) is 12.8 Å². The third kappa shape index (κ3) is 3.38. The molecule has 0 aliphatic carbocycles. The van der Waals surface area contributed by atoms with Crippen molar-refractivity contribution in [3.05, 3.63) is 35.1 Å². The molecule has 0 unspecified atom stereocenters. The third-order valence-corrected chi connectivity index (χ3v) is 1.81. The summed E-state index contributed by atoms with van der Waals surface area (Å²) in [6.45, 7) is 0. The summed E-state index contributed by atoms with van der Waals surface area (Å²) in [4.78, 5) is 20.6. The zero-order chi connectivity index (χ0) is 11.4. The summed E-state index contributed by atoms with van der Waals surface area (Å²) in [5.74, 6) is -2.86. The third-order valence-electron chi connectivity index (χ3n) is 1.81. The lowest BCUT2D eigenvalue weighted by atomic mass is 10.1. The van der Waals surface area contributed by atoms with Gasteiger partial charge in [0.1, 0.15) is 5.82 Å². The van der Waals surface area contributed by atoms with Crippen LogP contribution in [0.3, 0.4) is 0 Å². The van der Waals surface area contributed by atoms with Crippen LogP contribution in [0.1, 0.15) is 11.1 Å². The molecule has 1 aromatic rings. The van der Waals surface area contributed by atoms with Gasteiger partial charge < -0.3 is 10.2 Å². The van der Waals surface area contributed by atoms with Crippen molar-refractivity contribution in [2.24, 2.45) is 0 Å². The summed E-state index contributed by atoms with van der Waals surface area (Å²) in [6.07, 6.45) is -0.677. The Morgan fingerprint density at radius 1 is 1.13 bits per heavy atom. The molecule has 15 heavy (non-hydrogen) atoms. The molecule has 5 heteroatoms. The standard InChI is InChI=1S/C10H9FO4/c11-8-3-6(4-9(12)13)1-2-7(8)5-10(14)15/h1-3H,4-5H2,(H,12,13)(H,14,15). The minimum absolute atomic E-state index is 0.0524. The lowest BCUT2D eigenvalue weighted by Gasteiger charge is -2.02. The predicted octanol–water partition coefficient (Wildman–Crippen LogP) is 1.08.